The molecule has 9 rings (SSSR count). The van der Waals surface area contributed by atoms with E-state index in [1.54, 1.807) is 0 Å². The van der Waals surface area contributed by atoms with Crippen molar-refractivity contribution in [1.29, 1.82) is 0 Å². The molecule has 1 unspecified atom stereocenters. The monoisotopic (exact) mass is 860 g/mol. The van der Waals surface area contributed by atoms with Gasteiger partial charge in [-0.3, -0.25) is 4.98 Å². The average Bonchev–Trinajstić information content (AvgIpc) is 3.87. The zero-order valence-electron chi connectivity index (χ0n) is 31.0. The van der Waals surface area contributed by atoms with Gasteiger partial charge in [0.15, 0.2) is 0 Å². The van der Waals surface area contributed by atoms with E-state index in [2.05, 4.69) is 185 Å². The summed E-state index contributed by atoms with van der Waals surface area (Å²) in [5.74, 6) is 0. The van der Waals surface area contributed by atoms with E-state index < -0.39 is 5.54 Å². The van der Waals surface area contributed by atoms with Crippen molar-refractivity contribution in [2.45, 2.75) is 64.0 Å². The number of hydrogen-bond acceptors (Lipinski definition) is 5. The SMILES string of the molecule is Cc1ccc2c3c1c1ccc(C(C)(c4[c-]cccc4)N4C=CN(C)[CH-]4)[c-]c1c1nc([C@@H](c4[c-]cccc4)N4C=CN(C)[CH-]4)c(n13)C(C)(C)C2(C)C.[Ir]. The van der Waals surface area contributed by atoms with Crippen molar-refractivity contribution in [2.24, 2.45) is 0 Å². The van der Waals surface area contributed by atoms with Crippen LogP contribution in [0.15, 0.2) is 97.6 Å². The zero-order valence-corrected chi connectivity index (χ0v) is 33.4. The largest absolute Gasteiger partial charge is 0.511 e. The molecule has 7 heteroatoms. The van der Waals surface area contributed by atoms with Crippen LogP contribution < -0.4 is 0 Å². The second-order valence-corrected chi connectivity index (χ2v) is 15.7. The van der Waals surface area contributed by atoms with Crippen molar-refractivity contribution >= 4 is 27.3 Å². The Morgan fingerprint density at radius 3 is 2.17 bits per heavy atom. The number of imidazole rings is 1. The van der Waals surface area contributed by atoms with E-state index >= 15 is 0 Å². The molecule has 0 saturated carbocycles. The van der Waals surface area contributed by atoms with Gasteiger partial charge in [0, 0.05) is 53.7 Å². The molecule has 0 N–H and O–H groups in total. The van der Waals surface area contributed by atoms with Gasteiger partial charge >= 0.3 is 0 Å². The summed E-state index contributed by atoms with van der Waals surface area (Å²) < 4.78 is 2.50. The van der Waals surface area contributed by atoms with Crippen LogP contribution in [0.25, 0.3) is 27.3 Å². The first-order chi connectivity index (χ1) is 24.4. The third-order valence-electron chi connectivity index (χ3n) is 12.2. The zero-order chi connectivity index (χ0) is 35.4. The first-order valence-electron chi connectivity index (χ1n) is 17.8. The summed E-state index contributed by atoms with van der Waals surface area (Å²) in [4.78, 5) is 14.5. The second-order valence-electron chi connectivity index (χ2n) is 15.7. The minimum absolute atomic E-state index is 0. The van der Waals surface area contributed by atoms with E-state index in [1.165, 1.54) is 33.1 Å². The molecule has 0 aliphatic carbocycles. The van der Waals surface area contributed by atoms with Gasteiger partial charge in [-0.1, -0.05) is 56.2 Å². The van der Waals surface area contributed by atoms with Crippen LogP contribution in [-0.2, 0) is 36.5 Å². The quantitative estimate of drug-likeness (QED) is 0.123. The number of fused-ring (bicyclic) bond motifs is 3. The van der Waals surface area contributed by atoms with Gasteiger partial charge in [0.25, 0.3) is 0 Å². The number of nitrogens with zero attached hydrogens (tertiary/aromatic N) is 6. The predicted molar refractivity (Wildman–Crippen MR) is 205 cm³/mol. The molecule has 0 saturated heterocycles. The van der Waals surface area contributed by atoms with Gasteiger partial charge in [0.05, 0.1) is 11.3 Å². The van der Waals surface area contributed by atoms with Crippen LogP contribution in [0.2, 0.25) is 0 Å². The van der Waals surface area contributed by atoms with E-state index in [9.17, 15) is 0 Å². The Hall–Kier alpha value is -4.58. The summed E-state index contributed by atoms with van der Waals surface area (Å²) in [5.41, 5.74) is 9.23. The van der Waals surface area contributed by atoms with Crippen LogP contribution in [0.4, 0.5) is 0 Å². The van der Waals surface area contributed by atoms with E-state index in [0.717, 1.165) is 33.4 Å². The summed E-state index contributed by atoms with van der Waals surface area (Å²) in [6.07, 6.45) is 8.47. The summed E-state index contributed by atoms with van der Waals surface area (Å²) in [5, 5.41) is 3.46. The summed E-state index contributed by atoms with van der Waals surface area (Å²) in [6, 6.07) is 36.9. The van der Waals surface area contributed by atoms with Crippen molar-refractivity contribution in [2.75, 3.05) is 14.1 Å². The predicted octanol–water partition coefficient (Wildman–Crippen LogP) is 8.94. The Kier molecular flexibility index (Phi) is 7.95. The molecular formula is C45H43IrN6-5. The molecule has 0 spiro atoms. The van der Waals surface area contributed by atoms with Crippen molar-refractivity contribution in [1.82, 2.24) is 29.0 Å². The van der Waals surface area contributed by atoms with E-state index in [1.807, 2.05) is 24.3 Å². The van der Waals surface area contributed by atoms with Crippen LogP contribution >= 0.6 is 0 Å². The smallest absolute Gasteiger partial charge is 0.0736 e. The maximum atomic E-state index is 5.78. The molecule has 4 aromatic carbocycles. The Morgan fingerprint density at radius 2 is 1.52 bits per heavy atom. The van der Waals surface area contributed by atoms with Gasteiger partial charge in [-0.05, 0) is 63.7 Å². The standard InChI is InChI=1S/C45H43N6.Ir/c1-30-19-22-36-40-37(30)34-21-20-33(45(6,32-17-13-10-14-18-32)50-26-24-48(8)29-50)27-35(34)42-46-38(41(51(40)42)44(4,5)43(36,2)3)39(31-15-11-9-12-16-31)49-25-23-47(7)28-49;/h9-15,17,19-26,28-29,39H,1-8H3;/q-5;/t39-,45?;/m1./s1. The van der Waals surface area contributed by atoms with Gasteiger partial charge < -0.3 is 24.0 Å². The molecule has 0 bridgehead atoms. The normalized spacial score (nSPS) is 18.9. The fourth-order valence-corrected chi connectivity index (χ4v) is 8.66. The summed E-state index contributed by atoms with van der Waals surface area (Å²) >= 11 is 0. The van der Waals surface area contributed by atoms with Crippen molar-refractivity contribution in [3.63, 3.8) is 0 Å². The number of aromatic nitrogens is 2. The number of rotatable bonds is 6. The minimum Gasteiger partial charge on any atom is -0.511 e. The number of aryl methyl sites for hydroxylation is 1. The third kappa shape index (κ3) is 4.68. The molecule has 6 nitrogen and oxygen atoms in total. The number of benzene rings is 4. The summed E-state index contributed by atoms with van der Waals surface area (Å²) in [6.45, 7) is 18.4. The fourth-order valence-electron chi connectivity index (χ4n) is 8.66. The molecule has 3 aliphatic heterocycles. The Morgan fingerprint density at radius 1 is 0.788 bits per heavy atom. The van der Waals surface area contributed by atoms with Gasteiger partial charge in [-0.25, -0.2) is 0 Å². The van der Waals surface area contributed by atoms with Crippen LogP contribution in [0.1, 0.15) is 79.9 Å². The van der Waals surface area contributed by atoms with Gasteiger partial charge in [0.1, 0.15) is 0 Å². The van der Waals surface area contributed by atoms with Gasteiger partial charge in [-0.2, -0.15) is 74.0 Å². The van der Waals surface area contributed by atoms with Crippen LogP contribution in [0, 0.1) is 38.5 Å². The van der Waals surface area contributed by atoms with E-state index in [4.69, 9.17) is 4.98 Å². The molecule has 52 heavy (non-hydrogen) atoms. The van der Waals surface area contributed by atoms with Crippen LogP contribution in [0.5, 0.6) is 0 Å². The maximum absolute atomic E-state index is 5.78. The average molecular weight is 860 g/mol. The Balaban J connectivity index is 0.00000387. The minimum atomic E-state index is -0.572. The molecular weight excluding hydrogens is 817 g/mol. The molecule has 5 heterocycles. The molecule has 0 amide bonds. The van der Waals surface area contributed by atoms with Gasteiger partial charge in [-0.15, -0.1) is 34.9 Å². The third-order valence-corrected chi connectivity index (χ3v) is 12.2. The molecule has 267 valence electrons. The molecule has 3 aliphatic rings. The number of pyridine rings is 1. The maximum Gasteiger partial charge on any atom is 0.0736 e. The first-order valence-corrected chi connectivity index (χ1v) is 17.8. The second kappa shape index (κ2) is 12.0. The van der Waals surface area contributed by atoms with Crippen LogP contribution in [0.3, 0.4) is 0 Å². The van der Waals surface area contributed by atoms with Crippen LogP contribution in [-0.4, -0.2) is 43.1 Å². The Labute approximate surface area is 321 Å². The van der Waals surface area contributed by atoms with Crippen molar-refractivity contribution < 1.29 is 20.1 Å². The van der Waals surface area contributed by atoms with E-state index in [0.29, 0.717) is 0 Å². The van der Waals surface area contributed by atoms with Crippen molar-refractivity contribution in [3.05, 3.63) is 168 Å². The topological polar surface area (TPSA) is 30.3 Å². The molecule has 0 fully saturated rings. The molecule has 6 aromatic rings. The number of hydrogen-bond donors (Lipinski definition) is 0. The molecule has 2 aromatic heterocycles. The van der Waals surface area contributed by atoms with Crippen molar-refractivity contribution in [3.8, 4) is 0 Å². The molecule has 2 atom stereocenters. The first kappa shape index (κ1) is 34.5. The van der Waals surface area contributed by atoms with Gasteiger partial charge in [0.2, 0.25) is 0 Å². The van der Waals surface area contributed by atoms with E-state index in [-0.39, 0.29) is 37.0 Å². The fraction of sp³-hybridized carbons (Fsp3) is 0.267. The Bertz CT molecular complexity index is 2410. The molecule has 1 radical (unpaired) electrons. The summed E-state index contributed by atoms with van der Waals surface area (Å²) in [7, 11) is 4.13.